The summed E-state index contributed by atoms with van der Waals surface area (Å²) in [6.07, 6.45) is 5.11. The highest BCUT2D eigenvalue weighted by atomic mass is 35.5. The summed E-state index contributed by atoms with van der Waals surface area (Å²) in [5.41, 5.74) is 2.77. The molecule has 4 aromatic rings. The van der Waals surface area contributed by atoms with Gasteiger partial charge in [0.05, 0.1) is 39.3 Å². The molecule has 7 nitrogen and oxygen atoms in total. The number of ether oxygens (including phenoxy) is 1. The number of carbonyl (C=O) groups is 4. The van der Waals surface area contributed by atoms with E-state index in [2.05, 4.69) is 12.2 Å². The van der Waals surface area contributed by atoms with Crippen LogP contribution < -0.4 is 4.90 Å². The minimum Gasteiger partial charge on any atom is -0.450 e. The second kappa shape index (κ2) is 11.1. The Bertz CT molecular complexity index is 1820. The van der Waals surface area contributed by atoms with Crippen LogP contribution in [-0.2, 0) is 14.3 Å². The maximum Gasteiger partial charge on any atom is 0.339 e. The summed E-state index contributed by atoms with van der Waals surface area (Å²) in [6.45, 7) is 1.93. The average Bonchev–Trinajstić information content (AvgIpc) is 3.74. The van der Waals surface area contributed by atoms with Crippen LogP contribution in [0.2, 0.25) is 5.02 Å². The SMILES string of the molecule is CCCC(OC(=O)c1cc(-c2ccc(N3C(=O)C4C5C=CC(C5)C4C3=O)cc2)nc2c(Cl)cccc12)C(=O)c1ccccc1. The molecule has 2 fully saturated rings. The van der Waals surface area contributed by atoms with E-state index in [1.54, 1.807) is 72.8 Å². The van der Waals surface area contributed by atoms with E-state index in [-0.39, 0.29) is 46.8 Å². The van der Waals surface area contributed by atoms with Gasteiger partial charge in [0.15, 0.2) is 6.10 Å². The molecule has 8 heteroatoms. The van der Waals surface area contributed by atoms with Crippen LogP contribution in [0.1, 0.15) is 46.9 Å². The van der Waals surface area contributed by atoms with E-state index in [9.17, 15) is 19.2 Å². The van der Waals surface area contributed by atoms with Gasteiger partial charge in [0.25, 0.3) is 0 Å². The molecular formula is C36H29ClN2O5. The predicted octanol–water partition coefficient (Wildman–Crippen LogP) is 7.08. The molecule has 5 unspecified atom stereocenters. The maximum absolute atomic E-state index is 13.7. The smallest absolute Gasteiger partial charge is 0.339 e. The normalized spacial score (nSPS) is 22.5. The van der Waals surface area contributed by atoms with Crippen LogP contribution in [0.3, 0.4) is 0 Å². The first-order valence-electron chi connectivity index (χ1n) is 14.9. The zero-order chi connectivity index (χ0) is 30.5. The summed E-state index contributed by atoms with van der Waals surface area (Å²) in [5.74, 6) is -1.48. The van der Waals surface area contributed by atoms with Crippen molar-refractivity contribution in [3.63, 3.8) is 0 Å². The van der Waals surface area contributed by atoms with Crippen molar-refractivity contribution >= 4 is 51.8 Å². The monoisotopic (exact) mass is 604 g/mol. The highest BCUT2D eigenvalue weighted by Crippen LogP contribution is 2.53. The van der Waals surface area contributed by atoms with Crippen LogP contribution in [0, 0.1) is 23.7 Å². The average molecular weight is 605 g/mol. The van der Waals surface area contributed by atoms with Gasteiger partial charge in [0, 0.05) is 16.5 Å². The second-order valence-electron chi connectivity index (χ2n) is 11.7. The molecule has 2 amide bonds. The number of esters is 1. The fraction of sp³-hybridized carbons (Fsp3) is 0.250. The van der Waals surface area contributed by atoms with Crippen molar-refractivity contribution in [3.05, 3.63) is 107 Å². The Labute approximate surface area is 259 Å². The van der Waals surface area contributed by atoms with E-state index in [0.717, 1.165) is 6.42 Å². The van der Waals surface area contributed by atoms with E-state index in [1.165, 1.54) is 4.90 Å². The number of para-hydroxylation sites is 1. The van der Waals surface area contributed by atoms with Gasteiger partial charge in [-0.2, -0.15) is 0 Å². The molecule has 3 aromatic carbocycles. The fourth-order valence-corrected chi connectivity index (χ4v) is 7.17. The number of benzene rings is 3. The molecule has 7 rings (SSSR count). The zero-order valence-electron chi connectivity index (χ0n) is 24.0. The van der Waals surface area contributed by atoms with Gasteiger partial charge in [-0.15, -0.1) is 0 Å². The summed E-state index contributed by atoms with van der Waals surface area (Å²) < 4.78 is 5.85. The van der Waals surface area contributed by atoms with Crippen molar-refractivity contribution in [2.45, 2.75) is 32.3 Å². The number of Topliss-reactive ketones (excluding diaryl/α,β-unsaturated/α-hetero) is 1. The van der Waals surface area contributed by atoms with Crippen LogP contribution >= 0.6 is 11.6 Å². The van der Waals surface area contributed by atoms with Gasteiger partial charge in [-0.1, -0.05) is 91.7 Å². The molecule has 220 valence electrons. The lowest BCUT2D eigenvalue weighted by Crippen LogP contribution is -2.32. The minimum absolute atomic E-state index is 0.135. The number of nitrogens with zero attached hydrogens (tertiary/aromatic N) is 2. The van der Waals surface area contributed by atoms with E-state index in [1.807, 2.05) is 13.0 Å². The Balaban J connectivity index is 1.20. The Morgan fingerprint density at radius 2 is 1.61 bits per heavy atom. The first kappa shape index (κ1) is 28.2. The molecule has 0 N–H and O–H groups in total. The summed E-state index contributed by atoms with van der Waals surface area (Å²) in [5, 5.41) is 0.872. The summed E-state index contributed by atoms with van der Waals surface area (Å²) >= 11 is 6.54. The maximum atomic E-state index is 13.7. The third-order valence-electron chi connectivity index (χ3n) is 9.05. The first-order chi connectivity index (χ1) is 21.4. The number of amides is 2. The van der Waals surface area contributed by atoms with Crippen molar-refractivity contribution in [2.75, 3.05) is 4.90 Å². The lowest BCUT2D eigenvalue weighted by molar-refractivity contribution is -0.123. The molecule has 1 saturated heterocycles. The molecule has 0 radical (unpaired) electrons. The van der Waals surface area contributed by atoms with Gasteiger partial charge in [-0.25, -0.2) is 9.78 Å². The summed E-state index contributed by atoms with van der Waals surface area (Å²) in [6, 6.07) is 22.6. The molecule has 44 heavy (non-hydrogen) atoms. The third-order valence-corrected chi connectivity index (χ3v) is 9.36. The van der Waals surface area contributed by atoms with E-state index < -0.39 is 12.1 Å². The number of fused-ring (bicyclic) bond motifs is 6. The van der Waals surface area contributed by atoms with Gasteiger partial charge in [0.1, 0.15) is 0 Å². The lowest BCUT2D eigenvalue weighted by Gasteiger charge is -2.18. The fourth-order valence-electron chi connectivity index (χ4n) is 6.96. The zero-order valence-corrected chi connectivity index (χ0v) is 24.7. The second-order valence-corrected chi connectivity index (χ2v) is 12.1. The van der Waals surface area contributed by atoms with Crippen LogP contribution in [0.15, 0.2) is 91.0 Å². The number of ketones is 1. The van der Waals surface area contributed by atoms with Gasteiger partial charge < -0.3 is 4.74 Å². The highest BCUT2D eigenvalue weighted by molar-refractivity contribution is 6.35. The van der Waals surface area contributed by atoms with Gasteiger partial charge in [0.2, 0.25) is 17.6 Å². The molecule has 3 aliphatic rings. The van der Waals surface area contributed by atoms with Crippen LogP contribution in [0.25, 0.3) is 22.2 Å². The van der Waals surface area contributed by atoms with Crippen molar-refractivity contribution in [2.24, 2.45) is 23.7 Å². The van der Waals surface area contributed by atoms with Crippen molar-refractivity contribution < 1.29 is 23.9 Å². The number of allylic oxidation sites excluding steroid dienone is 2. The molecule has 2 bridgehead atoms. The third kappa shape index (κ3) is 4.63. The summed E-state index contributed by atoms with van der Waals surface area (Å²) in [7, 11) is 0. The number of pyridine rings is 1. The number of aromatic nitrogens is 1. The highest BCUT2D eigenvalue weighted by Gasteiger charge is 2.59. The van der Waals surface area contributed by atoms with Crippen molar-refractivity contribution in [1.82, 2.24) is 4.98 Å². The predicted molar refractivity (Wildman–Crippen MR) is 167 cm³/mol. The van der Waals surface area contributed by atoms with Crippen LogP contribution in [0.5, 0.6) is 0 Å². The molecule has 2 heterocycles. The Hall–Kier alpha value is -4.62. The number of hydrogen-bond acceptors (Lipinski definition) is 6. The van der Waals surface area contributed by atoms with E-state index in [0.29, 0.717) is 51.3 Å². The van der Waals surface area contributed by atoms with Crippen molar-refractivity contribution in [1.29, 1.82) is 0 Å². The number of halogens is 1. The minimum atomic E-state index is -0.944. The molecular weight excluding hydrogens is 576 g/mol. The molecule has 5 atom stereocenters. The Kier molecular flexibility index (Phi) is 7.13. The van der Waals surface area contributed by atoms with E-state index in [4.69, 9.17) is 21.3 Å². The standard InChI is InChI=1S/C36H29ClN2O5/c1-2-7-29(33(40)21-8-4-3-5-9-21)44-36(43)26-19-28(38-32-25(26)10-6-11-27(32)37)20-14-16-24(17-15-20)39-34(41)30-22-12-13-23(18-22)31(30)35(39)42/h3-6,8-17,19,22-23,29-31H,2,7,18H2,1H3. The number of anilines is 1. The van der Waals surface area contributed by atoms with Gasteiger partial charge >= 0.3 is 5.97 Å². The van der Waals surface area contributed by atoms with Gasteiger partial charge in [-0.05, 0) is 48.9 Å². The summed E-state index contributed by atoms with van der Waals surface area (Å²) in [4.78, 5) is 59.6. The van der Waals surface area contributed by atoms with E-state index >= 15 is 0 Å². The molecule has 1 aromatic heterocycles. The number of carbonyl (C=O) groups excluding carboxylic acids is 4. The lowest BCUT2D eigenvalue weighted by atomic mass is 9.85. The first-order valence-corrected chi connectivity index (χ1v) is 15.3. The molecule has 2 aliphatic carbocycles. The number of rotatable bonds is 8. The molecule has 1 saturated carbocycles. The quantitative estimate of drug-likeness (QED) is 0.0924. The Morgan fingerprint density at radius 1 is 0.932 bits per heavy atom. The van der Waals surface area contributed by atoms with Crippen LogP contribution in [-0.4, -0.2) is 34.7 Å². The Morgan fingerprint density at radius 3 is 2.27 bits per heavy atom. The number of hydrogen-bond donors (Lipinski definition) is 0. The largest absolute Gasteiger partial charge is 0.450 e. The number of imide groups is 1. The molecule has 0 spiro atoms. The molecule has 1 aliphatic heterocycles. The van der Waals surface area contributed by atoms with Gasteiger partial charge in [-0.3, -0.25) is 19.3 Å². The van der Waals surface area contributed by atoms with Crippen molar-refractivity contribution in [3.8, 4) is 11.3 Å². The van der Waals surface area contributed by atoms with Crippen LogP contribution in [0.4, 0.5) is 5.69 Å². The topological polar surface area (TPSA) is 93.6 Å².